The Bertz CT molecular complexity index is 963. The van der Waals surface area contributed by atoms with Crippen molar-refractivity contribution in [2.45, 2.75) is 33.1 Å². The SMILES string of the molecule is CCCCCN1C(=O)C(c2ccc(C)cc2)=C(N2CCN(c3ncccn3)CC2)C1=O. The van der Waals surface area contributed by atoms with Crippen LogP contribution in [0.2, 0.25) is 0 Å². The molecule has 162 valence electrons. The molecule has 3 heterocycles. The summed E-state index contributed by atoms with van der Waals surface area (Å²) < 4.78 is 0. The van der Waals surface area contributed by atoms with Gasteiger partial charge in [-0.3, -0.25) is 14.5 Å². The molecule has 7 nitrogen and oxygen atoms in total. The lowest BCUT2D eigenvalue weighted by molar-refractivity contribution is -0.137. The van der Waals surface area contributed by atoms with Gasteiger partial charge in [-0.15, -0.1) is 0 Å². The number of nitrogens with zero attached hydrogens (tertiary/aromatic N) is 5. The summed E-state index contributed by atoms with van der Waals surface area (Å²) in [4.78, 5) is 41.0. The average Bonchev–Trinajstić information content (AvgIpc) is 3.05. The van der Waals surface area contributed by atoms with E-state index < -0.39 is 0 Å². The van der Waals surface area contributed by atoms with Crippen molar-refractivity contribution in [2.24, 2.45) is 0 Å². The second-order valence-electron chi connectivity index (χ2n) is 8.08. The Hall–Kier alpha value is -3.22. The molecule has 4 rings (SSSR count). The number of hydrogen-bond donors (Lipinski definition) is 0. The van der Waals surface area contributed by atoms with E-state index in [0.717, 1.165) is 30.4 Å². The summed E-state index contributed by atoms with van der Waals surface area (Å²) in [6, 6.07) is 9.66. The van der Waals surface area contributed by atoms with Gasteiger partial charge in [0.15, 0.2) is 0 Å². The molecule has 2 aliphatic rings. The van der Waals surface area contributed by atoms with Crippen LogP contribution in [0.15, 0.2) is 48.4 Å². The number of rotatable bonds is 7. The number of aromatic nitrogens is 2. The van der Waals surface area contributed by atoms with Gasteiger partial charge in [-0.2, -0.15) is 0 Å². The summed E-state index contributed by atoms with van der Waals surface area (Å²) in [6.45, 7) is 7.29. The molecule has 31 heavy (non-hydrogen) atoms. The van der Waals surface area contributed by atoms with Crippen LogP contribution in [0.3, 0.4) is 0 Å². The van der Waals surface area contributed by atoms with Gasteiger partial charge in [-0.1, -0.05) is 49.6 Å². The molecule has 2 aromatic rings. The normalized spacial score (nSPS) is 17.2. The van der Waals surface area contributed by atoms with Gasteiger partial charge in [0.1, 0.15) is 5.70 Å². The van der Waals surface area contributed by atoms with Crippen LogP contribution in [0.5, 0.6) is 0 Å². The zero-order valence-corrected chi connectivity index (χ0v) is 18.3. The summed E-state index contributed by atoms with van der Waals surface area (Å²) in [6.07, 6.45) is 6.36. The minimum atomic E-state index is -0.172. The molecule has 2 aliphatic heterocycles. The minimum Gasteiger partial charge on any atom is -0.363 e. The van der Waals surface area contributed by atoms with Crippen molar-refractivity contribution in [3.63, 3.8) is 0 Å². The number of anilines is 1. The van der Waals surface area contributed by atoms with Crippen molar-refractivity contribution in [1.29, 1.82) is 0 Å². The number of carbonyl (C=O) groups is 2. The molecule has 1 fully saturated rings. The molecular weight excluding hydrogens is 390 g/mol. The Balaban J connectivity index is 1.60. The zero-order chi connectivity index (χ0) is 21.8. The number of imide groups is 1. The van der Waals surface area contributed by atoms with Crippen LogP contribution in [0, 0.1) is 6.92 Å². The zero-order valence-electron chi connectivity index (χ0n) is 18.3. The smallest absolute Gasteiger partial charge is 0.277 e. The Morgan fingerprint density at radius 3 is 2.16 bits per heavy atom. The van der Waals surface area contributed by atoms with Crippen LogP contribution in [0.4, 0.5) is 5.95 Å². The van der Waals surface area contributed by atoms with Gasteiger partial charge in [-0.05, 0) is 25.0 Å². The highest BCUT2D eigenvalue weighted by molar-refractivity contribution is 6.35. The predicted molar refractivity (Wildman–Crippen MR) is 120 cm³/mol. The number of amides is 2. The van der Waals surface area contributed by atoms with Gasteiger partial charge in [0.05, 0.1) is 5.57 Å². The maximum absolute atomic E-state index is 13.4. The number of hydrogen-bond acceptors (Lipinski definition) is 6. The van der Waals surface area contributed by atoms with Gasteiger partial charge in [-0.25, -0.2) is 9.97 Å². The molecule has 0 radical (unpaired) electrons. The van der Waals surface area contributed by atoms with Crippen LogP contribution in [-0.4, -0.2) is 64.3 Å². The van der Waals surface area contributed by atoms with Crippen molar-refractivity contribution in [1.82, 2.24) is 19.8 Å². The highest BCUT2D eigenvalue weighted by atomic mass is 16.2. The van der Waals surface area contributed by atoms with E-state index in [9.17, 15) is 9.59 Å². The summed E-state index contributed by atoms with van der Waals surface area (Å²) in [5.74, 6) is 0.361. The topological polar surface area (TPSA) is 69.6 Å². The fourth-order valence-corrected chi connectivity index (χ4v) is 4.14. The molecule has 0 aliphatic carbocycles. The van der Waals surface area contributed by atoms with Gasteiger partial charge < -0.3 is 9.80 Å². The van der Waals surface area contributed by atoms with Crippen LogP contribution in [-0.2, 0) is 9.59 Å². The van der Waals surface area contributed by atoms with E-state index in [1.165, 1.54) is 4.90 Å². The Kier molecular flexibility index (Phi) is 6.30. The third-order valence-electron chi connectivity index (χ3n) is 5.90. The number of benzene rings is 1. The van der Waals surface area contributed by atoms with E-state index in [4.69, 9.17) is 0 Å². The molecule has 2 amide bonds. The van der Waals surface area contributed by atoms with Crippen molar-refractivity contribution in [3.05, 3.63) is 59.5 Å². The largest absolute Gasteiger partial charge is 0.363 e. The molecule has 1 saturated heterocycles. The Labute approximate surface area is 183 Å². The molecule has 7 heteroatoms. The first-order chi connectivity index (χ1) is 15.1. The van der Waals surface area contributed by atoms with Gasteiger partial charge in [0.2, 0.25) is 5.95 Å². The lowest BCUT2D eigenvalue weighted by Crippen LogP contribution is -2.48. The second kappa shape index (κ2) is 9.29. The summed E-state index contributed by atoms with van der Waals surface area (Å²) in [5.41, 5.74) is 3.01. The number of aryl methyl sites for hydroxylation is 1. The third-order valence-corrected chi connectivity index (χ3v) is 5.90. The van der Waals surface area contributed by atoms with E-state index in [-0.39, 0.29) is 11.8 Å². The highest BCUT2D eigenvalue weighted by Gasteiger charge is 2.41. The number of carbonyl (C=O) groups excluding carboxylic acids is 2. The Morgan fingerprint density at radius 1 is 0.871 bits per heavy atom. The lowest BCUT2D eigenvalue weighted by atomic mass is 10.0. The van der Waals surface area contributed by atoms with E-state index in [0.29, 0.717) is 49.9 Å². The maximum atomic E-state index is 13.4. The molecule has 1 aromatic heterocycles. The summed E-state index contributed by atoms with van der Waals surface area (Å²) in [7, 11) is 0. The number of piperazine rings is 1. The van der Waals surface area contributed by atoms with E-state index in [1.807, 2.05) is 31.2 Å². The lowest BCUT2D eigenvalue weighted by Gasteiger charge is -2.36. The van der Waals surface area contributed by atoms with Crippen molar-refractivity contribution >= 4 is 23.3 Å². The fraction of sp³-hybridized carbons (Fsp3) is 0.417. The summed E-state index contributed by atoms with van der Waals surface area (Å²) in [5, 5.41) is 0. The first-order valence-corrected chi connectivity index (χ1v) is 11.0. The van der Waals surface area contributed by atoms with Crippen molar-refractivity contribution < 1.29 is 9.59 Å². The molecule has 0 bridgehead atoms. The molecular formula is C24H29N5O2. The minimum absolute atomic E-state index is 0.166. The van der Waals surface area contributed by atoms with E-state index >= 15 is 0 Å². The van der Waals surface area contributed by atoms with E-state index in [2.05, 4.69) is 26.7 Å². The first-order valence-electron chi connectivity index (χ1n) is 11.0. The van der Waals surface area contributed by atoms with E-state index in [1.54, 1.807) is 18.5 Å². The average molecular weight is 420 g/mol. The summed E-state index contributed by atoms with van der Waals surface area (Å²) >= 11 is 0. The monoisotopic (exact) mass is 419 g/mol. The molecule has 0 N–H and O–H groups in total. The third kappa shape index (κ3) is 4.31. The standard InChI is InChI=1S/C24H29N5O2/c1-3-4-5-13-29-22(30)20(19-9-7-18(2)8-10-19)21(23(29)31)27-14-16-28(17-15-27)24-25-11-6-12-26-24/h6-12H,3-5,13-17H2,1-2H3. The molecule has 0 saturated carbocycles. The number of unbranched alkanes of at least 4 members (excludes halogenated alkanes) is 2. The van der Waals surface area contributed by atoms with Crippen LogP contribution in [0.1, 0.15) is 37.3 Å². The van der Waals surface area contributed by atoms with Crippen molar-refractivity contribution in [2.75, 3.05) is 37.6 Å². The molecule has 0 spiro atoms. The van der Waals surface area contributed by atoms with Gasteiger partial charge >= 0.3 is 0 Å². The van der Waals surface area contributed by atoms with Crippen molar-refractivity contribution in [3.8, 4) is 0 Å². The quantitative estimate of drug-likeness (QED) is 0.508. The molecule has 0 atom stereocenters. The first kappa shape index (κ1) is 21.0. The van der Waals surface area contributed by atoms with Crippen LogP contribution in [0.25, 0.3) is 5.57 Å². The van der Waals surface area contributed by atoms with Crippen LogP contribution >= 0.6 is 0 Å². The second-order valence-corrected chi connectivity index (χ2v) is 8.08. The molecule has 1 aromatic carbocycles. The van der Waals surface area contributed by atoms with Gasteiger partial charge in [0.25, 0.3) is 11.8 Å². The molecule has 0 unspecified atom stereocenters. The highest BCUT2D eigenvalue weighted by Crippen LogP contribution is 2.32. The maximum Gasteiger partial charge on any atom is 0.277 e. The van der Waals surface area contributed by atoms with Gasteiger partial charge in [0, 0.05) is 45.1 Å². The fourth-order valence-electron chi connectivity index (χ4n) is 4.14. The predicted octanol–water partition coefficient (Wildman–Crippen LogP) is 2.88. The Morgan fingerprint density at radius 2 is 1.52 bits per heavy atom. The van der Waals surface area contributed by atoms with Crippen LogP contribution < -0.4 is 4.90 Å².